The van der Waals surface area contributed by atoms with E-state index in [1.54, 1.807) is 6.07 Å². The number of benzene rings is 1. The van der Waals surface area contributed by atoms with Crippen LogP contribution in [0.1, 0.15) is 42.5 Å². The van der Waals surface area contributed by atoms with Gasteiger partial charge in [-0.05, 0) is 31.0 Å². The fourth-order valence-electron chi connectivity index (χ4n) is 3.01. The predicted octanol–water partition coefficient (Wildman–Crippen LogP) is 2.63. The Bertz CT molecular complexity index is 514. The lowest BCUT2D eigenvalue weighted by atomic mass is 9.94. The lowest BCUT2D eigenvalue weighted by Crippen LogP contribution is -2.37. The van der Waals surface area contributed by atoms with Gasteiger partial charge in [-0.15, -0.1) is 0 Å². The number of hydrogen-bond acceptors (Lipinski definition) is 3. The van der Waals surface area contributed by atoms with Crippen LogP contribution in [0.5, 0.6) is 0 Å². The van der Waals surface area contributed by atoms with Crippen LogP contribution >= 0.6 is 0 Å². The standard InChI is InChI=1S/C16H20FNO3/c17-13-6-4-5-12(9-13)15(19)18-10-14-11-20-16(21-14)7-2-1-3-8-16/h4-6,9,14H,1-3,7-8,10-11H2,(H,18,19)/t14-/m0/s1. The third-order valence-corrected chi connectivity index (χ3v) is 4.11. The van der Waals surface area contributed by atoms with Gasteiger partial charge in [0.25, 0.3) is 5.91 Å². The maximum atomic E-state index is 13.1. The van der Waals surface area contributed by atoms with Crippen LogP contribution in [0.4, 0.5) is 4.39 Å². The van der Waals surface area contributed by atoms with Crippen LogP contribution in [0.2, 0.25) is 0 Å². The number of carbonyl (C=O) groups excluding carboxylic acids is 1. The molecule has 0 radical (unpaired) electrons. The second-order valence-electron chi connectivity index (χ2n) is 5.74. The van der Waals surface area contributed by atoms with Crippen molar-refractivity contribution in [2.45, 2.75) is 44.0 Å². The summed E-state index contributed by atoms with van der Waals surface area (Å²) in [5.41, 5.74) is 0.321. The number of rotatable bonds is 3. The highest BCUT2D eigenvalue weighted by molar-refractivity contribution is 5.94. The molecule has 1 aliphatic carbocycles. The van der Waals surface area contributed by atoms with Crippen LogP contribution in [0.15, 0.2) is 24.3 Å². The van der Waals surface area contributed by atoms with Crippen LogP contribution in [0.25, 0.3) is 0 Å². The van der Waals surface area contributed by atoms with Crippen molar-refractivity contribution < 1.29 is 18.7 Å². The van der Waals surface area contributed by atoms with E-state index < -0.39 is 11.6 Å². The van der Waals surface area contributed by atoms with E-state index in [-0.39, 0.29) is 12.0 Å². The molecule has 1 N–H and O–H groups in total. The topological polar surface area (TPSA) is 47.6 Å². The Morgan fingerprint density at radius 2 is 2.14 bits per heavy atom. The van der Waals surface area contributed by atoms with Crippen molar-refractivity contribution in [1.82, 2.24) is 5.32 Å². The van der Waals surface area contributed by atoms with Crippen molar-refractivity contribution in [2.24, 2.45) is 0 Å². The van der Waals surface area contributed by atoms with E-state index in [1.165, 1.54) is 24.6 Å². The number of carbonyl (C=O) groups is 1. The molecular weight excluding hydrogens is 273 g/mol. The molecule has 1 aliphatic heterocycles. The third-order valence-electron chi connectivity index (χ3n) is 4.11. The molecule has 0 bridgehead atoms. The molecule has 4 nitrogen and oxygen atoms in total. The van der Waals surface area contributed by atoms with Gasteiger partial charge < -0.3 is 14.8 Å². The average Bonchev–Trinajstić information content (AvgIpc) is 2.88. The smallest absolute Gasteiger partial charge is 0.251 e. The Labute approximate surface area is 123 Å². The van der Waals surface area contributed by atoms with Gasteiger partial charge in [0, 0.05) is 24.9 Å². The summed E-state index contributed by atoms with van der Waals surface area (Å²) >= 11 is 0. The van der Waals surface area contributed by atoms with Gasteiger partial charge in [-0.25, -0.2) is 4.39 Å². The Morgan fingerprint density at radius 1 is 1.33 bits per heavy atom. The number of amides is 1. The average molecular weight is 293 g/mol. The minimum absolute atomic E-state index is 0.124. The first kappa shape index (κ1) is 14.5. The molecule has 114 valence electrons. The first-order valence-electron chi connectivity index (χ1n) is 7.52. The molecule has 0 unspecified atom stereocenters. The SMILES string of the molecule is O=C(NC[C@H]1COC2(CCCCC2)O1)c1cccc(F)c1. The summed E-state index contributed by atoms with van der Waals surface area (Å²) in [5, 5.41) is 2.78. The first-order valence-corrected chi connectivity index (χ1v) is 7.52. The maximum Gasteiger partial charge on any atom is 0.251 e. The number of halogens is 1. The molecule has 5 heteroatoms. The Hall–Kier alpha value is -1.46. The second-order valence-corrected chi connectivity index (χ2v) is 5.74. The van der Waals surface area contributed by atoms with Gasteiger partial charge in [-0.2, -0.15) is 0 Å². The van der Waals surface area contributed by atoms with Gasteiger partial charge in [0.1, 0.15) is 11.9 Å². The van der Waals surface area contributed by atoms with Crippen LogP contribution in [0, 0.1) is 5.82 Å². The molecule has 1 spiro atoms. The Kier molecular flexibility index (Phi) is 4.22. The minimum Gasteiger partial charge on any atom is -0.349 e. The van der Waals surface area contributed by atoms with Crippen LogP contribution in [0.3, 0.4) is 0 Å². The molecule has 21 heavy (non-hydrogen) atoms. The summed E-state index contributed by atoms with van der Waals surface area (Å²) in [5.74, 6) is -1.13. The maximum absolute atomic E-state index is 13.1. The molecule has 1 amide bonds. The lowest BCUT2D eigenvalue weighted by Gasteiger charge is -2.31. The molecule has 2 fully saturated rings. The van der Waals surface area contributed by atoms with E-state index in [0.717, 1.165) is 25.7 Å². The predicted molar refractivity (Wildman–Crippen MR) is 75.4 cm³/mol. The molecular formula is C16H20FNO3. The summed E-state index contributed by atoms with van der Waals surface area (Å²) in [4.78, 5) is 11.9. The summed E-state index contributed by atoms with van der Waals surface area (Å²) in [6, 6.07) is 5.66. The van der Waals surface area contributed by atoms with E-state index in [4.69, 9.17) is 9.47 Å². The Morgan fingerprint density at radius 3 is 2.90 bits per heavy atom. The van der Waals surface area contributed by atoms with Crippen LogP contribution < -0.4 is 5.32 Å². The van der Waals surface area contributed by atoms with E-state index in [0.29, 0.717) is 18.7 Å². The highest BCUT2D eigenvalue weighted by atomic mass is 19.1. The molecule has 2 aliphatic rings. The highest BCUT2D eigenvalue weighted by Crippen LogP contribution is 2.37. The van der Waals surface area contributed by atoms with Crippen molar-refractivity contribution in [1.29, 1.82) is 0 Å². The van der Waals surface area contributed by atoms with Crippen molar-refractivity contribution >= 4 is 5.91 Å². The van der Waals surface area contributed by atoms with Gasteiger partial charge in [0.2, 0.25) is 0 Å². The molecule has 1 aromatic rings. The first-order chi connectivity index (χ1) is 10.2. The molecule has 3 rings (SSSR count). The molecule has 1 heterocycles. The summed E-state index contributed by atoms with van der Waals surface area (Å²) in [6.07, 6.45) is 5.23. The summed E-state index contributed by atoms with van der Waals surface area (Å²) in [6.45, 7) is 0.889. The van der Waals surface area contributed by atoms with Crippen molar-refractivity contribution in [3.63, 3.8) is 0 Å². The molecule has 0 aromatic heterocycles. The number of nitrogens with one attached hydrogen (secondary N) is 1. The fourth-order valence-corrected chi connectivity index (χ4v) is 3.01. The van der Waals surface area contributed by atoms with E-state index in [1.807, 2.05) is 0 Å². The quantitative estimate of drug-likeness (QED) is 0.932. The number of ether oxygens (including phenoxy) is 2. The van der Waals surface area contributed by atoms with Crippen molar-refractivity contribution in [2.75, 3.05) is 13.2 Å². The van der Waals surface area contributed by atoms with Crippen molar-refractivity contribution in [3.8, 4) is 0 Å². The van der Waals surface area contributed by atoms with E-state index >= 15 is 0 Å². The third kappa shape index (κ3) is 3.41. The molecule has 1 atom stereocenters. The second kappa shape index (κ2) is 6.12. The zero-order valence-corrected chi connectivity index (χ0v) is 11.9. The zero-order valence-electron chi connectivity index (χ0n) is 11.9. The van der Waals surface area contributed by atoms with Gasteiger partial charge in [0.15, 0.2) is 5.79 Å². The molecule has 1 saturated heterocycles. The van der Waals surface area contributed by atoms with Gasteiger partial charge in [-0.3, -0.25) is 4.79 Å². The normalized spacial score (nSPS) is 24.1. The highest BCUT2D eigenvalue weighted by Gasteiger charge is 2.42. The molecule has 1 aromatic carbocycles. The van der Waals surface area contributed by atoms with Crippen molar-refractivity contribution in [3.05, 3.63) is 35.6 Å². The summed E-state index contributed by atoms with van der Waals surface area (Å²) in [7, 11) is 0. The number of hydrogen-bond donors (Lipinski definition) is 1. The summed E-state index contributed by atoms with van der Waals surface area (Å²) < 4.78 is 24.9. The lowest BCUT2D eigenvalue weighted by molar-refractivity contribution is -0.186. The Balaban J connectivity index is 1.51. The minimum atomic E-state index is -0.424. The van der Waals surface area contributed by atoms with Gasteiger partial charge in [-0.1, -0.05) is 12.5 Å². The van der Waals surface area contributed by atoms with Crippen LogP contribution in [-0.4, -0.2) is 30.9 Å². The van der Waals surface area contributed by atoms with Gasteiger partial charge >= 0.3 is 0 Å². The zero-order chi connectivity index (χ0) is 14.7. The fraction of sp³-hybridized carbons (Fsp3) is 0.562. The van der Waals surface area contributed by atoms with E-state index in [2.05, 4.69) is 5.32 Å². The van der Waals surface area contributed by atoms with Gasteiger partial charge in [0.05, 0.1) is 6.61 Å². The molecule has 1 saturated carbocycles. The van der Waals surface area contributed by atoms with Crippen LogP contribution in [-0.2, 0) is 9.47 Å². The monoisotopic (exact) mass is 293 g/mol. The van der Waals surface area contributed by atoms with E-state index in [9.17, 15) is 9.18 Å². The largest absolute Gasteiger partial charge is 0.349 e.